The number of anilines is 1. The van der Waals surface area contributed by atoms with Crippen molar-refractivity contribution in [1.29, 1.82) is 0 Å². The number of hydrogen-bond acceptors (Lipinski definition) is 6. The molecular weight excluding hydrogens is 496 g/mol. The first-order chi connectivity index (χ1) is 17.9. The Morgan fingerprint density at radius 3 is 2.46 bits per heavy atom. The average molecular weight is 517 g/mol. The number of methoxy groups -OCH3 is 1. The van der Waals surface area contributed by atoms with Crippen LogP contribution in [0.4, 0.5) is 10.5 Å². The Morgan fingerprint density at radius 2 is 1.76 bits per heavy atom. The molecule has 1 aliphatic rings. The number of carbonyl (C=O) groups is 3. The van der Waals surface area contributed by atoms with Crippen LogP contribution >= 0.6 is 11.6 Å². The molecule has 0 radical (unpaired) electrons. The van der Waals surface area contributed by atoms with Crippen molar-refractivity contribution in [1.82, 2.24) is 5.32 Å². The highest BCUT2D eigenvalue weighted by atomic mass is 35.5. The van der Waals surface area contributed by atoms with E-state index in [2.05, 4.69) is 11.2 Å². The SMILES string of the molecule is C#CCOc1ccc(/C=C2\C(=O)NC(=O)N(c3ccc(OCc4ccccc4Cl)cc3)C2=O)cc1OC. The van der Waals surface area contributed by atoms with Gasteiger partial charge in [0.25, 0.3) is 11.8 Å². The fourth-order valence-corrected chi connectivity index (χ4v) is 3.73. The van der Waals surface area contributed by atoms with Crippen LogP contribution in [0.5, 0.6) is 17.2 Å². The van der Waals surface area contributed by atoms with Gasteiger partial charge in [0.1, 0.15) is 24.5 Å². The molecular formula is C28H21ClN2O6. The second kappa shape index (κ2) is 11.3. The lowest BCUT2D eigenvalue weighted by molar-refractivity contribution is -0.122. The molecule has 186 valence electrons. The lowest BCUT2D eigenvalue weighted by Gasteiger charge is -2.26. The number of carbonyl (C=O) groups excluding carboxylic acids is 3. The largest absolute Gasteiger partial charge is 0.493 e. The van der Waals surface area contributed by atoms with Gasteiger partial charge in [-0.3, -0.25) is 14.9 Å². The van der Waals surface area contributed by atoms with Crippen LogP contribution in [0.1, 0.15) is 11.1 Å². The first-order valence-corrected chi connectivity index (χ1v) is 11.4. The Morgan fingerprint density at radius 1 is 1.00 bits per heavy atom. The van der Waals surface area contributed by atoms with Gasteiger partial charge in [0.15, 0.2) is 11.5 Å². The molecule has 0 bridgehead atoms. The topological polar surface area (TPSA) is 94.2 Å². The summed E-state index contributed by atoms with van der Waals surface area (Å²) in [6, 6.07) is 17.6. The first-order valence-electron chi connectivity index (χ1n) is 11.0. The van der Waals surface area contributed by atoms with Crippen molar-refractivity contribution in [2.24, 2.45) is 0 Å². The average Bonchev–Trinajstić information content (AvgIpc) is 2.90. The molecule has 37 heavy (non-hydrogen) atoms. The molecule has 4 amide bonds. The zero-order valence-corrected chi connectivity index (χ0v) is 20.5. The second-order valence-corrected chi connectivity index (χ2v) is 8.14. The van der Waals surface area contributed by atoms with Crippen molar-refractivity contribution >= 4 is 41.2 Å². The summed E-state index contributed by atoms with van der Waals surface area (Å²) in [7, 11) is 1.45. The van der Waals surface area contributed by atoms with Crippen LogP contribution in [0.2, 0.25) is 5.02 Å². The highest BCUT2D eigenvalue weighted by molar-refractivity contribution is 6.39. The van der Waals surface area contributed by atoms with Gasteiger partial charge in [-0.1, -0.05) is 41.8 Å². The third kappa shape index (κ3) is 5.74. The molecule has 0 aromatic heterocycles. The van der Waals surface area contributed by atoms with Gasteiger partial charge in [-0.2, -0.15) is 0 Å². The molecule has 9 heteroatoms. The Bertz CT molecular complexity index is 1430. The zero-order valence-electron chi connectivity index (χ0n) is 19.7. The molecule has 0 unspecified atom stereocenters. The van der Waals surface area contributed by atoms with E-state index in [1.54, 1.807) is 48.5 Å². The van der Waals surface area contributed by atoms with Gasteiger partial charge in [0.2, 0.25) is 0 Å². The molecule has 1 fully saturated rings. The van der Waals surface area contributed by atoms with E-state index < -0.39 is 17.8 Å². The number of imide groups is 2. The molecule has 0 saturated carbocycles. The highest BCUT2D eigenvalue weighted by Crippen LogP contribution is 2.30. The number of barbiturate groups is 1. The number of benzene rings is 3. The molecule has 3 aromatic rings. The number of rotatable bonds is 8. The molecule has 4 rings (SSSR count). The minimum atomic E-state index is -0.854. The summed E-state index contributed by atoms with van der Waals surface area (Å²) in [5.74, 6) is 2.08. The van der Waals surface area contributed by atoms with Gasteiger partial charge in [-0.05, 0) is 54.1 Å². The van der Waals surface area contributed by atoms with E-state index in [4.69, 9.17) is 32.2 Å². The molecule has 1 saturated heterocycles. The lowest BCUT2D eigenvalue weighted by Crippen LogP contribution is -2.54. The first kappa shape index (κ1) is 25.4. The summed E-state index contributed by atoms with van der Waals surface area (Å²) in [5, 5.41) is 2.79. The summed E-state index contributed by atoms with van der Waals surface area (Å²) in [6.07, 6.45) is 6.59. The molecule has 0 spiro atoms. The second-order valence-electron chi connectivity index (χ2n) is 7.73. The molecule has 1 N–H and O–H groups in total. The zero-order chi connectivity index (χ0) is 26.4. The summed E-state index contributed by atoms with van der Waals surface area (Å²) in [4.78, 5) is 39.1. The maximum absolute atomic E-state index is 13.2. The molecule has 3 aromatic carbocycles. The quantitative estimate of drug-likeness (QED) is 0.267. The summed E-state index contributed by atoms with van der Waals surface area (Å²) in [6.45, 7) is 0.304. The van der Waals surface area contributed by atoms with Gasteiger partial charge >= 0.3 is 6.03 Å². The number of urea groups is 1. The van der Waals surface area contributed by atoms with Crippen LogP contribution in [-0.2, 0) is 16.2 Å². The predicted octanol–water partition coefficient (Wildman–Crippen LogP) is 4.61. The van der Waals surface area contributed by atoms with Crippen LogP contribution in [0, 0.1) is 12.3 Å². The van der Waals surface area contributed by atoms with E-state index >= 15 is 0 Å². The Hall–Kier alpha value is -4.74. The smallest absolute Gasteiger partial charge is 0.335 e. The van der Waals surface area contributed by atoms with E-state index in [1.807, 2.05) is 18.2 Å². The van der Waals surface area contributed by atoms with E-state index in [0.29, 0.717) is 27.8 Å². The van der Waals surface area contributed by atoms with Crippen LogP contribution in [0.15, 0.2) is 72.3 Å². The third-order valence-corrected chi connectivity index (χ3v) is 5.73. The van der Waals surface area contributed by atoms with Crippen LogP contribution < -0.4 is 24.4 Å². The van der Waals surface area contributed by atoms with E-state index in [-0.39, 0.29) is 24.5 Å². The number of nitrogens with zero attached hydrogens (tertiary/aromatic N) is 1. The molecule has 1 heterocycles. The molecule has 0 atom stereocenters. The Balaban J connectivity index is 1.54. The van der Waals surface area contributed by atoms with Gasteiger partial charge < -0.3 is 14.2 Å². The molecule has 1 aliphatic heterocycles. The van der Waals surface area contributed by atoms with Crippen molar-refractivity contribution in [3.63, 3.8) is 0 Å². The normalized spacial score (nSPS) is 14.2. The van der Waals surface area contributed by atoms with Crippen molar-refractivity contribution in [3.05, 3.63) is 88.5 Å². The van der Waals surface area contributed by atoms with Gasteiger partial charge in [-0.25, -0.2) is 9.69 Å². The van der Waals surface area contributed by atoms with Crippen molar-refractivity contribution in [2.75, 3.05) is 18.6 Å². The van der Waals surface area contributed by atoms with Gasteiger partial charge in [-0.15, -0.1) is 6.42 Å². The number of nitrogens with one attached hydrogen (secondary N) is 1. The number of halogens is 1. The fourth-order valence-electron chi connectivity index (χ4n) is 3.54. The van der Waals surface area contributed by atoms with Crippen LogP contribution in [0.25, 0.3) is 6.08 Å². The Labute approximate surface area is 218 Å². The number of hydrogen-bond donors (Lipinski definition) is 1. The van der Waals surface area contributed by atoms with Gasteiger partial charge in [0, 0.05) is 10.6 Å². The minimum Gasteiger partial charge on any atom is -0.493 e. The third-order valence-electron chi connectivity index (χ3n) is 5.36. The van der Waals surface area contributed by atoms with E-state index in [1.165, 1.54) is 13.2 Å². The maximum atomic E-state index is 13.2. The van der Waals surface area contributed by atoms with Crippen molar-refractivity contribution in [2.45, 2.75) is 6.61 Å². The fraction of sp³-hybridized carbons (Fsp3) is 0.107. The highest BCUT2D eigenvalue weighted by Gasteiger charge is 2.36. The molecule has 8 nitrogen and oxygen atoms in total. The monoisotopic (exact) mass is 516 g/mol. The van der Waals surface area contributed by atoms with Crippen LogP contribution in [-0.4, -0.2) is 31.6 Å². The predicted molar refractivity (Wildman–Crippen MR) is 139 cm³/mol. The maximum Gasteiger partial charge on any atom is 0.335 e. The van der Waals surface area contributed by atoms with Crippen molar-refractivity contribution in [3.8, 4) is 29.6 Å². The van der Waals surface area contributed by atoms with E-state index in [9.17, 15) is 14.4 Å². The standard InChI is InChI=1S/C28H21ClN2O6/c1-3-14-36-24-13-8-18(16-25(24)35-2)15-22-26(32)30-28(34)31(27(22)33)20-9-11-21(12-10-20)37-17-19-6-4-5-7-23(19)29/h1,4-13,15-16H,14,17H2,2H3,(H,30,32,34)/b22-15+. The minimum absolute atomic E-state index is 0.0542. The number of ether oxygens (including phenoxy) is 3. The van der Waals surface area contributed by atoms with Crippen LogP contribution in [0.3, 0.4) is 0 Å². The Kier molecular flexibility index (Phi) is 7.77. The number of terminal acetylenes is 1. The summed E-state index contributed by atoms with van der Waals surface area (Å²) >= 11 is 6.16. The number of amides is 4. The van der Waals surface area contributed by atoms with E-state index in [0.717, 1.165) is 10.5 Å². The van der Waals surface area contributed by atoms with Crippen molar-refractivity contribution < 1.29 is 28.6 Å². The summed E-state index contributed by atoms with van der Waals surface area (Å²) in [5.41, 5.74) is 1.35. The lowest BCUT2D eigenvalue weighted by atomic mass is 10.1. The summed E-state index contributed by atoms with van der Waals surface area (Å²) < 4.78 is 16.5. The van der Waals surface area contributed by atoms with Gasteiger partial charge in [0.05, 0.1) is 12.8 Å². The molecule has 0 aliphatic carbocycles.